The Kier molecular flexibility index (Phi) is 4.02. The maximum absolute atomic E-state index is 12.3. The fraction of sp³-hybridized carbons (Fsp3) is 0.833. The smallest absolute Gasteiger partial charge is 0.243 e. The van der Waals surface area contributed by atoms with E-state index in [4.69, 9.17) is 16.2 Å². The van der Waals surface area contributed by atoms with E-state index >= 15 is 0 Å². The van der Waals surface area contributed by atoms with E-state index in [2.05, 4.69) is 0 Å². The first-order chi connectivity index (χ1) is 8.16. The topological polar surface area (TPSA) is 98.7 Å². The summed E-state index contributed by atoms with van der Waals surface area (Å²) in [5.41, 5.74) is 9.83. The third-order valence-electron chi connectivity index (χ3n) is 3.95. The van der Waals surface area contributed by atoms with Crippen LogP contribution in [-0.4, -0.2) is 48.6 Å². The second-order valence-electron chi connectivity index (χ2n) is 5.47. The minimum Gasteiger partial charge on any atom is -0.378 e. The predicted molar refractivity (Wildman–Crippen MR) is 67.6 cm³/mol. The van der Waals surface area contributed by atoms with Crippen LogP contribution in [0.2, 0.25) is 0 Å². The Morgan fingerprint density at radius 1 is 1.44 bits per heavy atom. The lowest BCUT2D eigenvalue weighted by Crippen LogP contribution is -2.76. The molecule has 1 fully saturated rings. The van der Waals surface area contributed by atoms with Gasteiger partial charge in [-0.3, -0.25) is 9.59 Å². The molecule has 0 aromatic heterocycles. The first-order valence-electron chi connectivity index (χ1n) is 6.11. The van der Waals surface area contributed by atoms with Gasteiger partial charge in [-0.05, 0) is 6.92 Å². The summed E-state index contributed by atoms with van der Waals surface area (Å²) >= 11 is 0. The van der Waals surface area contributed by atoms with E-state index in [-0.39, 0.29) is 18.6 Å². The molecular weight excluding hydrogens is 234 g/mol. The molecule has 2 amide bonds. The van der Waals surface area contributed by atoms with Gasteiger partial charge in [0.15, 0.2) is 0 Å². The van der Waals surface area contributed by atoms with Crippen molar-refractivity contribution in [3.8, 4) is 0 Å². The molecule has 0 aliphatic heterocycles. The van der Waals surface area contributed by atoms with Crippen LogP contribution in [0, 0.1) is 5.41 Å². The van der Waals surface area contributed by atoms with Crippen LogP contribution >= 0.6 is 0 Å². The second-order valence-corrected chi connectivity index (χ2v) is 5.47. The SMILES string of the molecule is CCOC1CC(N)(C(=O)N(C)CC(N)=O)C1(C)C. The van der Waals surface area contributed by atoms with E-state index in [0.29, 0.717) is 13.0 Å². The molecule has 1 saturated carbocycles. The number of ether oxygens (including phenoxy) is 1. The van der Waals surface area contributed by atoms with E-state index in [0.717, 1.165) is 0 Å². The molecule has 18 heavy (non-hydrogen) atoms. The van der Waals surface area contributed by atoms with Crippen molar-refractivity contribution in [3.05, 3.63) is 0 Å². The van der Waals surface area contributed by atoms with Crippen molar-refractivity contribution < 1.29 is 14.3 Å². The summed E-state index contributed by atoms with van der Waals surface area (Å²) < 4.78 is 5.56. The molecule has 2 unspecified atom stereocenters. The van der Waals surface area contributed by atoms with Crippen molar-refractivity contribution in [2.45, 2.75) is 38.8 Å². The summed E-state index contributed by atoms with van der Waals surface area (Å²) in [5.74, 6) is -0.810. The maximum atomic E-state index is 12.3. The van der Waals surface area contributed by atoms with E-state index in [9.17, 15) is 9.59 Å². The van der Waals surface area contributed by atoms with Gasteiger partial charge < -0.3 is 21.1 Å². The van der Waals surface area contributed by atoms with Gasteiger partial charge in [0.2, 0.25) is 11.8 Å². The Bertz CT molecular complexity index is 356. The number of amides is 2. The molecule has 2 atom stereocenters. The largest absolute Gasteiger partial charge is 0.378 e. The maximum Gasteiger partial charge on any atom is 0.243 e. The van der Waals surface area contributed by atoms with Crippen molar-refractivity contribution in [2.75, 3.05) is 20.2 Å². The summed E-state index contributed by atoms with van der Waals surface area (Å²) in [7, 11) is 1.53. The molecular formula is C12H23N3O3. The highest BCUT2D eigenvalue weighted by Gasteiger charge is 2.63. The van der Waals surface area contributed by atoms with Crippen molar-refractivity contribution in [1.82, 2.24) is 4.90 Å². The molecule has 0 bridgehead atoms. The number of carbonyl (C=O) groups excluding carboxylic acids is 2. The van der Waals surface area contributed by atoms with Gasteiger partial charge in [0.05, 0.1) is 12.6 Å². The molecule has 0 heterocycles. The highest BCUT2D eigenvalue weighted by molar-refractivity contribution is 5.91. The normalized spacial score (nSPS) is 29.5. The van der Waals surface area contributed by atoms with Crippen LogP contribution in [0.3, 0.4) is 0 Å². The highest BCUT2D eigenvalue weighted by Crippen LogP contribution is 2.50. The lowest BCUT2D eigenvalue weighted by molar-refractivity contribution is -0.178. The Hall–Kier alpha value is -1.14. The summed E-state index contributed by atoms with van der Waals surface area (Å²) in [6.07, 6.45) is 0.439. The quantitative estimate of drug-likeness (QED) is 0.691. The van der Waals surface area contributed by atoms with Crippen LogP contribution in [0.15, 0.2) is 0 Å². The van der Waals surface area contributed by atoms with Crippen molar-refractivity contribution >= 4 is 11.8 Å². The number of hydrogen-bond donors (Lipinski definition) is 2. The standard InChI is InChI=1S/C12H23N3O3/c1-5-18-8-6-12(14,11(8,2)3)10(17)15(4)7-9(13)16/h8H,5-7,14H2,1-4H3,(H2,13,16). The highest BCUT2D eigenvalue weighted by atomic mass is 16.5. The van der Waals surface area contributed by atoms with E-state index in [1.54, 1.807) is 0 Å². The zero-order valence-electron chi connectivity index (χ0n) is 11.5. The van der Waals surface area contributed by atoms with Crippen LogP contribution in [0.5, 0.6) is 0 Å². The number of likely N-dealkylation sites (N-methyl/N-ethyl adjacent to an activating group) is 1. The van der Waals surface area contributed by atoms with Gasteiger partial charge in [-0.15, -0.1) is 0 Å². The van der Waals surface area contributed by atoms with E-state index < -0.39 is 16.9 Å². The second kappa shape index (κ2) is 4.85. The van der Waals surface area contributed by atoms with Gasteiger partial charge in [0.25, 0.3) is 0 Å². The van der Waals surface area contributed by atoms with Gasteiger partial charge in [-0.2, -0.15) is 0 Å². The number of rotatable bonds is 5. The van der Waals surface area contributed by atoms with Gasteiger partial charge in [-0.1, -0.05) is 13.8 Å². The third-order valence-corrected chi connectivity index (χ3v) is 3.95. The average Bonchev–Trinajstić information content (AvgIpc) is 2.26. The fourth-order valence-electron chi connectivity index (χ4n) is 2.44. The van der Waals surface area contributed by atoms with Gasteiger partial charge in [0.1, 0.15) is 5.54 Å². The molecule has 0 aromatic carbocycles. The number of primary amides is 1. The number of carbonyl (C=O) groups is 2. The van der Waals surface area contributed by atoms with Crippen LogP contribution in [0.4, 0.5) is 0 Å². The zero-order chi connectivity index (χ0) is 14.1. The molecule has 0 aromatic rings. The zero-order valence-corrected chi connectivity index (χ0v) is 11.5. The third kappa shape index (κ3) is 2.22. The molecule has 6 nitrogen and oxygen atoms in total. The molecule has 0 spiro atoms. The summed E-state index contributed by atoms with van der Waals surface area (Å²) in [6.45, 7) is 6.20. The molecule has 1 aliphatic rings. The summed E-state index contributed by atoms with van der Waals surface area (Å²) in [4.78, 5) is 24.4. The summed E-state index contributed by atoms with van der Waals surface area (Å²) in [5, 5.41) is 0. The number of nitrogens with two attached hydrogens (primary N) is 2. The minimum atomic E-state index is -0.989. The molecule has 104 valence electrons. The minimum absolute atomic E-state index is 0.0292. The molecule has 1 rings (SSSR count). The molecule has 0 radical (unpaired) electrons. The molecule has 1 aliphatic carbocycles. The first-order valence-corrected chi connectivity index (χ1v) is 6.11. The predicted octanol–water partition coefficient (Wildman–Crippen LogP) is -0.537. The summed E-state index contributed by atoms with van der Waals surface area (Å²) in [6, 6.07) is 0. The van der Waals surface area contributed by atoms with Crippen molar-refractivity contribution in [1.29, 1.82) is 0 Å². The Balaban J connectivity index is 2.77. The molecule has 6 heteroatoms. The first kappa shape index (κ1) is 14.9. The molecule has 0 saturated heterocycles. The lowest BCUT2D eigenvalue weighted by atomic mass is 9.54. The number of nitrogens with zero attached hydrogens (tertiary/aromatic N) is 1. The van der Waals surface area contributed by atoms with Crippen molar-refractivity contribution in [2.24, 2.45) is 16.9 Å². The monoisotopic (exact) mass is 257 g/mol. The Labute approximate surface area is 108 Å². The molecule has 4 N–H and O–H groups in total. The fourth-order valence-corrected chi connectivity index (χ4v) is 2.44. The van der Waals surface area contributed by atoms with E-state index in [1.165, 1.54) is 11.9 Å². The van der Waals surface area contributed by atoms with Crippen LogP contribution in [-0.2, 0) is 14.3 Å². The Morgan fingerprint density at radius 3 is 2.39 bits per heavy atom. The van der Waals surface area contributed by atoms with E-state index in [1.807, 2.05) is 20.8 Å². The van der Waals surface area contributed by atoms with Crippen LogP contribution in [0.25, 0.3) is 0 Å². The lowest BCUT2D eigenvalue weighted by Gasteiger charge is -2.58. The Morgan fingerprint density at radius 2 is 2.00 bits per heavy atom. The van der Waals surface area contributed by atoms with Gasteiger partial charge >= 0.3 is 0 Å². The van der Waals surface area contributed by atoms with Gasteiger partial charge in [0, 0.05) is 25.5 Å². The van der Waals surface area contributed by atoms with Gasteiger partial charge in [-0.25, -0.2) is 0 Å². The van der Waals surface area contributed by atoms with Crippen LogP contribution < -0.4 is 11.5 Å². The number of hydrogen-bond acceptors (Lipinski definition) is 4. The van der Waals surface area contributed by atoms with Crippen LogP contribution in [0.1, 0.15) is 27.2 Å². The average molecular weight is 257 g/mol. The van der Waals surface area contributed by atoms with Crippen molar-refractivity contribution in [3.63, 3.8) is 0 Å².